The Labute approximate surface area is 41.0 Å². The van der Waals surface area contributed by atoms with Gasteiger partial charge in [0.05, 0.1) is 0 Å². The third kappa shape index (κ3) is 5.19. The van der Waals surface area contributed by atoms with E-state index in [9.17, 15) is 0 Å². The summed E-state index contributed by atoms with van der Waals surface area (Å²) in [5, 5.41) is 7.85. The second kappa shape index (κ2) is 3.38. The van der Waals surface area contributed by atoms with E-state index in [0.29, 0.717) is 0 Å². The fourth-order valence-electron chi connectivity index (χ4n) is 0.127. The molecule has 0 aromatic heterocycles. The normalized spacial score (nSPS) is 8.14. The van der Waals surface area contributed by atoms with Gasteiger partial charge in [0.2, 0.25) is 0 Å². The van der Waals surface area contributed by atoms with Gasteiger partial charge in [-0.1, -0.05) is 0 Å². The maximum atomic E-state index is 7.85. The molecule has 6 N–H and O–H groups in total. The molecule has 42 valence electrons. The predicted molar refractivity (Wildman–Crippen MR) is 25.6 cm³/mol. The number of nitrogens with two attached hydrogens (primary N) is 2. The zero-order chi connectivity index (χ0) is 5.70. The van der Waals surface area contributed by atoms with E-state index in [1.54, 1.807) is 5.48 Å². The van der Waals surface area contributed by atoms with E-state index in [-0.39, 0.29) is 12.6 Å². The van der Waals surface area contributed by atoms with Crippen molar-refractivity contribution < 1.29 is 5.21 Å². The van der Waals surface area contributed by atoms with E-state index in [0.717, 1.165) is 0 Å². The highest BCUT2D eigenvalue weighted by molar-refractivity contribution is 5.75. The van der Waals surface area contributed by atoms with Gasteiger partial charge in [0.25, 0.3) is 0 Å². The summed E-state index contributed by atoms with van der Waals surface area (Å²) < 4.78 is 0. The SMILES string of the molecule is NC(N)=NCNO. The second-order valence-electron chi connectivity index (χ2n) is 0.899. The van der Waals surface area contributed by atoms with Crippen molar-refractivity contribution in [1.29, 1.82) is 0 Å². The molecule has 0 aliphatic carbocycles. The molecule has 0 atom stereocenters. The van der Waals surface area contributed by atoms with Crippen molar-refractivity contribution in [2.24, 2.45) is 16.5 Å². The zero-order valence-electron chi connectivity index (χ0n) is 3.76. The monoisotopic (exact) mass is 104 g/mol. The van der Waals surface area contributed by atoms with Gasteiger partial charge in [0.15, 0.2) is 5.96 Å². The number of guanidine groups is 1. The molecular formula is C2H8N4O. The summed E-state index contributed by atoms with van der Waals surface area (Å²) in [6.45, 7) is 0.0440. The molecule has 0 amide bonds. The fraction of sp³-hybridized carbons (Fsp3) is 0.500. The second-order valence-corrected chi connectivity index (χ2v) is 0.899. The van der Waals surface area contributed by atoms with Crippen LogP contribution in [0.1, 0.15) is 0 Å². The Hall–Kier alpha value is -0.810. The lowest BCUT2D eigenvalue weighted by atomic mass is 11.0. The van der Waals surface area contributed by atoms with Gasteiger partial charge < -0.3 is 16.7 Å². The highest BCUT2D eigenvalue weighted by Crippen LogP contribution is 1.54. The number of hydrogen-bond donors (Lipinski definition) is 4. The van der Waals surface area contributed by atoms with Crippen LogP contribution >= 0.6 is 0 Å². The van der Waals surface area contributed by atoms with E-state index in [2.05, 4.69) is 4.99 Å². The molecule has 0 heterocycles. The molecule has 0 aliphatic rings. The van der Waals surface area contributed by atoms with Crippen LogP contribution in [-0.2, 0) is 0 Å². The van der Waals surface area contributed by atoms with Gasteiger partial charge >= 0.3 is 0 Å². The smallest absolute Gasteiger partial charge is 0.187 e. The number of hydroxylamine groups is 1. The Balaban J connectivity index is 3.08. The van der Waals surface area contributed by atoms with Crippen molar-refractivity contribution in [2.45, 2.75) is 0 Å². The Bertz CT molecular complexity index is 66.1. The quantitative estimate of drug-likeness (QED) is 0.189. The summed E-state index contributed by atoms with van der Waals surface area (Å²) in [5.41, 5.74) is 11.5. The van der Waals surface area contributed by atoms with E-state index in [1.807, 2.05) is 0 Å². The van der Waals surface area contributed by atoms with E-state index < -0.39 is 0 Å². The molecule has 0 bridgehead atoms. The third-order valence-electron chi connectivity index (χ3n) is 0.332. The molecule has 5 heteroatoms. The molecule has 0 unspecified atom stereocenters. The lowest BCUT2D eigenvalue weighted by Crippen LogP contribution is -2.24. The topological polar surface area (TPSA) is 96.7 Å². The molecular weight excluding hydrogens is 96.0 g/mol. The predicted octanol–water partition coefficient (Wildman–Crippen LogP) is -1.80. The fourth-order valence-corrected chi connectivity index (χ4v) is 0.127. The maximum absolute atomic E-state index is 7.85. The van der Waals surface area contributed by atoms with Gasteiger partial charge in [-0.25, -0.2) is 4.99 Å². The first kappa shape index (κ1) is 6.19. The van der Waals surface area contributed by atoms with Crippen LogP contribution in [0, 0.1) is 0 Å². The molecule has 0 aliphatic heterocycles. The molecule has 0 saturated heterocycles. The van der Waals surface area contributed by atoms with Crippen LogP contribution in [0.2, 0.25) is 0 Å². The van der Waals surface area contributed by atoms with Crippen molar-refractivity contribution in [3.63, 3.8) is 0 Å². The van der Waals surface area contributed by atoms with Crippen LogP contribution in [0.3, 0.4) is 0 Å². The van der Waals surface area contributed by atoms with Gasteiger partial charge in [-0.15, -0.1) is 0 Å². The minimum absolute atomic E-state index is 0.0402. The van der Waals surface area contributed by atoms with E-state index >= 15 is 0 Å². The molecule has 0 radical (unpaired) electrons. The first-order valence-corrected chi connectivity index (χ1v) is 1.69. The lowest BCUT2D eigenvalue weighted by molar-refractivity contribution is 0.170. The van der Waals surface area contributed by atoms with E-state index in [4.69, 9.17) is 16.7 Å². The number of aliphatic imine (C=N–C) groups is 1. The first-order chi connectivity index (χ1) is 3.27. The van der Waals surface area contributed by atoms with Crippen LogP contribution in [0.15, 0.2) is 4.99 Å². The minimum Gasteiger partial charge on any atom is -0.370 e. The summed E-state index contributed by atoms with van der Waals surface area (Å²) in [7, 11) is 0. The first-order valence-electron chi connectivity index (χ1n) is 1.69. The summed E-state index contributed by atoms with van der Waals surface area (Å²) in [4.78, 5) is 3.35. The average molecular weight is 104 g/mol. The molecule has 0 fully saturated rings. The van der Waals surface area contributed by atoms with Crippen LogP contribution in [0.5, 0.6) is 0 Å². The molecule has 7 heavy (non-hydrogen) atoms. The molecule has 0 spiro atoms. The molecule has 0 saturated carbocycles. The van der Waals surface area contributed by atoms with Gasteiger partial charge in [0.1, 0.15) is 6.67 Å². The van der Waals surface area contributed by atoms with Crippen molar-refractivity contribution in [3.05, 3.63) is 0 Å². The summed E-state index contributed by atoms with van der Waals surface area (Å²) >= 11 is 0. The van der Waals surface area contributed by atoms with Crippen LogP contribution < -0.4 is 16.9 Å². The molecule has 5 nitrogen and oxygen atoms in total. The number of nitrogens with zero attached hydrogens (tertiary/aromatic N) is 1. The standard InChI is InChI=1S/C2H8N4O/c3-2(4)5-1-6-7/h6-7H,1H2,(H4,3,4,5). The zero-order valence-corrected chi connectivity index (χ0v) is 3.76. The Morgan fingerprint density at radius 1 is 1.71 bits per heavy atom. The van der Waals surface area contributed by atoms with Crippen molar-refractivity contribution in [3.8, 4) is 0 Å². The number of nitrogens with one attached hydrogen (secondary N) is 1. The van der Waals surface area contributed by atoms with Crippen molar-refractivity contribution in [2.75, 3.05) is 6.67 Å². The van der Waals surface area contributed by atoms with Crippen LogP contribution in [0.4, 0.5) is 0 Å². The van der Waals surface area contributed by atoms with Crippen LogP contribution in [-0.4, -0.2) is 17.8 Å². The number of hydrogen-bond acceptors (Lipinski definition) is 3. The van der Waals surface area contributed by atoms with Crippen molar-refractivity contribution >= 4 is 5.96 Å². The van der Waals surface area contributed by atoms with Gasteiger partial charge in [-0.2, -0.15) is 5.48 Å². The minimum atomic E-state index is -0.0402. The Kier molecular flexibility index (Phi) is 2.99. The maximum Gasteiger partial charge on any atom is 0.187 e. The Morgan fingerprint density at radius 3 is 2.43 bits per heavy atom. The highest BCUT2D eigenvalue weighted by Gasteiger charge is 1.73. The van der Waals surface area contributed by atoms with Crippen LogP contribution in [0.25, 0.3) is 0 Å². The van der Waals surface area contributed by atoms with E-state index in [1.165, 1.54) is 0 Å². The summed E-state index contributed by atoms with van der Waals surface area (Å²) in [5.74, 6) is -0.0402. The molecule has 0 rings (SSSR count). The lowest BCUT2D eigenvalue weighted by Gasteiger charge is -1.88. The number of rotatable bonds is 2. The van der Waals surface area contributed by atoms with Gasteiger partial charge in [-0.05, 0) is 0 Å². The highest BCUT2D eigenvalue weighted by atomic mass is 16.5. The molecule has 0 aromatic carbocycles. The van der Waals surface area contributed by atoms with Crippen molar-refractivity contribution in [1.82, 2.24) is 5.48 Å². The summed E-state index contributed by atoms with van der Waals surface area (Å²) in [6.07, 6.45) is 0. The van der Waals surface area contributed by atoms with Gasteiger partial charge in [-0.3, -0.25) is 0 Å². The summed E-state index contributed by atoms with van der Waals surface area (Å²) in [6, 6.07) is 0. The third-order valence-corrected chi connectivity index (χ3v) is 0.332. The van der Waals surface area contributed by atoms with Gasteiger partial charge in [0, 0.05) is 0 Å². The Morgan fingerprint density at radius 2 is 2.29 bits per heavy atom. The largest absolute Gasteiger partial charge is 0.370 e. The average Bonchev–Trinajstić information content (AvgIpc) is 1.61. The molecule has 0 aromatic rings.